The van der Waals surface area contributed by atoms with Crippen molar-refractivity contribution in [3.8, 4) is 0 Å². The molecule has 0 amide bonds. The number of nitrogens with zero attached hydrogens (tertiary/aromatic N) is 1. The Bertz CT molecular complexity index is 560. The minimum Gasteiger partial charge on any atom is -0.368 e. The summed E-state index contributed by atoms with van der Waals surface area (Å²) in [7, 11) is 0.606. The highest BCUT2D eigenvalue weighted by atomic mass is 32.2. The molecule has 1 heterocycles. The number of benzene rings is 1. The van der Waals surface area contributed by atoms with Gasteiger partial charge in [-0.25, -0.2) is 12.8 Å². The van der Waals surface area contributed by atoms with Gasteiger partial charge in [-0.05, 0) is 31.2 Å². The Morgan fingerprint density at radius 2 is 2.21 bits per heavy atom. The maximum atomic E-state index is 14.1. The summed E-state index contributed by atoms with van der Waals surface area (Å²) in [5.41, 5.74) is 1.33. The lowest BCUT2D eigenvalue weighted by atomic mass is 10.1. The van der Waals surface area contributed by atoms with Crippen molar-refractivity contribution < 1.29 is 12.8 Å². The first-order valence-electron chi connectivity index (χ1n) is 6.29. The van der Waals surface area contributed by atoms with Crippen LogP contribution in [0.5, 0.6) is 0 Å². The third-order valence-corrected chi connectivity index (χ3v) is 5.28. The van der Waals surface area contributed by atoms with Crippen molar-refractivity contribution in [2.24, 2.45) is 0 Å². The van der Waals surface area contributed by atoms with Gasteiger partial charge in [0.1, 0.15) is 5.82 Å². The summed E-state index contributed by atoms with van der Waals surface area (Å²) in [6.07, 6.45) is 0.566. The average Bonchev–Trinajstić information content (AvgIpc) is 2.70. The first-order valence-corrected chi connectivity index (χ1v) is 8.11. The van der Waals surface area contributed by atoms with E-state index in [9.17, 15) is 12.8 Å². The molecule has 0 spiro atoms. The third kappa shape index (κ3) is 3.25. The molecule has 4 nitrogen and oxygen atoms in total. The zero-order chi connectivity index (χ0) is 14.0. The number of anilines is 1. The molecule has 1 aromatic carbocycles. The molecule has 2 rings (SSSR count). The van der Waals surface area contributed by atoms with E-state index >= 15 is 0 Å². The molecule has 1 unspecified atom stereocenters. The number of hydrogen-bond acceptors (Lipinski definition) is 4. The standard InChI is InChI=1S/C13H19FN2O2S/c1-15-8-10-3-4-13(12(14)7-10)16(2)11-5-6-19(17,18)9-11/h3-4,7,11,15H,5-6,8-9H2,1-2H3. The molecule has 0 bridgehead atoms. The topological polar surface area (TPSA) is 49.4 Å². The molecule has 0 aromatic heterocycles. The van der Waals surface area contributed by atoms with E-state index in [0.29, 0.717) is 18.7 Å². The molecule has 1 aromatic rings. The van der Waals surface area contributed by atoms with E-state index in [2.05, 4.69) is 5.32 Å². The number of hydrogen-bond donors (Lipinski definition) is 1. The molecule has 1 aliphatic heterocycles. The number of sulfone groups is 1. The first-order chi connectivity index (χ1) is 8.93. The van der Waals surface area contributed by atoms with Gasteiger partial charge in [-0.1, -0.05) is 6.07 Å². The third-order valence-electron chi connectivity index (χ3n) is 3.53. The highest BCUT2D eigenvalue weighted by molar-refractivity contribution is 7.91. The van der Waals surface area contributed by atoms with Gasteiger partial charge in [0.15, 0.2) is 9.84 Å². The van der Waals surface area contributed by atoms with Gasteiger partial charge < -0.3 is 10.2 Å². The second-order valence-electron chi connectivity index (χ2n) is 4.98. The average molecular weight is 286 g/mol. The molecule has 0 radical (unpaired) electrons. The van der Waals surface area contributed by atoms with Crippen LogP contribution < -0.4 is 10.2 Å². The van der Waals surface area contributed by atoms with Crippen LogP contribution in [0.1, 0.15) is 12.0 Å². The summed E-state index contributed by atoms with van der Waals surface area (Å²) in [5, 5.41) is 2.97. The molecule has 1 fully saturated rings. The summed E-state index contributed by atoms with van der Waals surface area (Å²) in [4.78, 5) is 1.74. The Morgan fingerprint density at radius 3 is 2.74 bits per heavy atom. The van der Waals surface area contributed by atoms with Crippen molar-refractivity contribution in [1.29, 1.82) is 0 Å². The zero-order valence-electron chi connectivity index (χ0n) is 11.2. The lowest BCUT2D eigenvalue weighted by Gasteiger charge is -2.26. The smallest absolute Gasteiger partial charge is 0.152 e. The van der Waals surface area contributed by atoms with Crippen molar-refractivity contribution in [1.82, 2.24) is 5.32 Å². The Kier molecular flexibility index (Phi) is 4.10. The summed E-state index contributed by atoms with van der Waals surface area (Å²) in [6, 6.07) is 4.93. The molecule has 1 atom stereocenters. The van der Waals surface area contributed by atoms with Crippen molar-refractivity contribution >= 4 is 15.5 Å². The van der Waals surface area contributed by atoms with Crippen molar-refractivity contribution in [3.05, 3.63) is 29.6 Å². The van der Waals surface area contributed by atoms with Crippen molar-refractivity contribution in [2.75, 3.05) is 30.5 Å². The fourth-order valence-electron chi connectivity index (χ4n) is 2.43. The molecule has 1 N–H and O–H groups in total. The quantitative estimate of drug-likeness (QED) is 0.902. The Balaban J connectivity index is 2.18. The van der Waals surface area contributed by atoms with E-state index in [1.807, 2.05) is 6.07 Å². The molecule has 1 saturated heterocycles. The van der Waals surface area contributed by atoms with Crippen molar-refractivity contribution in [2.45, 2.75) is 19.0 Å². The van der Waals surface area contributed by atoms with Crippen LogP contribution in [0, 0.1) is 5.82 Å². The van der Waals surface area contributed by atoms with E-state index in [1.54, 1.807) is 25.1 Å². The number of halogens is 1. The second-order valence-corrected chi connectivity index (χ2v) is 7.21. The van der Waals surface area contributed by atoms with E-state index in [-0.39, 0.29) is 23.4 Å². The van der Waals surface area contributed by atoms with Gasteiger partial charge >= 0.3 is 0 Å². The number of nitrogens with one attached hydrogen (secondary N) is 1. The maximum Gasteiger partial charge on any atom is 0.152 e. The minimum absolute atomic E-state index is 0.112. The van der Waals surface area contributed by atoms with Gasteiger partial charge in [-0.2, -0.15) is 0 Å². The molecule has 106 valence electrons. The van der Waals surface area contributed by atoms with Gasteiger partial charge in [0.25, 0.3) is 0 Å². The van der Waals surface area contributed by atoms with Crippen LogP contribution in [-0.2, 0) is 16.4 Å². The summed E-state index contributed by atoms with van der Waals surface area (Å²) in [6.45, 7) is 0.610. The summed E-state index contributed by atoms with van der Waals surface area (Å²) < 4.78 is 37.0. The first kappa shape index (κ1) is 14.3. The van der Waals surface area contributed by atoms with Crippen LogP contribution in [-0.4, -0.2) is 40.1 Å². The second kappa shape index (κ2) is 5.46. The Morgan fingerprint density at radius 1 is 1.47 bits per heavy atom. The largest absolute Gasteiger partial charge is 0.368 e. The number of rotatable bonds is 4. The monoisotopic (exact) mass is 286 g/mol. The Hall–Kier alpha value is -1.14. The van der Waals surface area contributed by atoms with Crippen molar-refractivity contribution in [3.63, 3.8) is 0 Å². The lowest BCUT2D eigenvalue weighted by molar-refractivity contribution is 0.596. The van der Waals surface area contributed by atoms with Crippen LogP contribution in [0.2, 0.25) is 0 Å². The minimum atomic E-state index is -2.95. The molecular weight excluding hydrogens is 267 g/mol. The van der Waals surface area contributed by atoms with Gasteiger partial charge in [-0.3, -0.25) is 0 Å². The molecule has 0 aliphatic carbocycles. The van der Waals surface area contributed by atoms with E-state index < -0.39 is 9.84 Å². The van der Waals surface area contributed by atoms with Gasteiger partial charge in [-0.15, -0.1) is 0 Å². The normalized spacial score (nSPS) is 21.5. The zero-order valence-corrected chi connectivity index (χ0v) is 12.0. The fraction of sp³-hybridized carbons (Fsp3) is 0.538. The van der Waals surface area contributed by atoms with Crippen LogP contribution in [0.3, 0.4) is 0 Å². The SMILES string of the molecule is CNCc1ccc(N(C)C2CCS(=O)(=O)C2)c(F)c1. The van der Waals surface area contributed by atoms with E-state index in [1.165, 1.54) is 6.07 Å². The highest BCUT2D eigenvalue weighted by Gasteiger charge is 2.31. The highest BCUT2D eigenvalue weighted by Crippen LogP contribution is 2.26. The van der Waals surface area contributed by atoms with Crippen LogP contribution in [0.15, 0.2) is 18.2 Å². The lowest BCUT2D eigenvalue weighted by Crippen LogP contribution is -2.33. The van der Waals surface area contributed by atoms with E-state index in [4.69, 9.17) is 0 Å². The molecule has 19 heavy (non-hydrogen) atoms. The van der Waals surface area contributed by atoms with Gasteiger partial charge in [0.05, 0.1) is 17.2 Å². The molecule has 6 heteroatoms. The predicted octanol–water partition coefficient (Wildman–Crippen LogP) is 1.17. The van der Waals surface area contributed by atoms with Gasteiger partial charge in [0, 0.05) is 19.6 Å². The predicted molar refractivity (Wildman–Crippen MR) is 74.6 cm³/mol. The van der Waals surface area contributed by atoms with E-state index in [0.717, 1.165) is 5.56 Å². The fourth-order valence-corrected chi connectivity index (χ4v) is 4.20. The molecule has 1 aliphatic rings. The summed E-state index contributed by atoms with van der Waals surface area (Å²) in [5.74, 6) is 0.00223. The van der Waals surface area contributed by atoms with Gasteiger partial charge in [0.2, 0.25) is 0 Å². The Labute approximate surface area is 113 Å². The van der Waals surface area contributed by atoms with Crippen LogP contribution >= 0.6 is 0 Å². The van der Waals surface area contributed by atoms with Crippen LogP contribution in [0.25, 0.3) is 0 Å². The maximum absolute atomic E-state index is 14.1. The van der Waals surface area contributed by atoms with Crippen LogP contribution in [0.4, 0.5) is 10.1 Å². The molecule has 0 saturated carbocycles. The molecular formula is C13H19FN2O2S. The summed E-state index contributed by atoms with van der Waals surface area (Å²) >= 11 is 0.